The normalized spacial score (nSPS) is 13.6. The van der Waals surface area contributed by atoms with Crippen LogP contribution in [0.3, 0.4) is 0 Å². The lowest BCUT2D eigenvalue weighted by atomic mass is 9.34. The number of hydrogen-bond acceptors (Lipinski definition) is 5. The lowest BCUT2D eigenvalue weighted by molar-refractivity contribution is 0.442. The molecule has 0 spiro atoms. The smallest absolute Gasteiger partial charge is 0.270 e. The van der Waals surface area contributed by atoms with Gasteiger partial charge in [-0.1, -0.05) is 127 Å². The number of para-hydroxylation sites is 6. The fourth-order valence-corrected chi connectivity index (χ4v) is 14.7. The van der Waals surface area contributed by atoms with E-state index in [0.29, 0.717) is 0 Å². The van der Waals surface area contributed by atoms with E-state index in [2.05, 4.69) is 232 Å². The average Bonchev–Trinajstić information content (AvgIpc) is 3.73. The summed E-state index contributed by atoms with van der Waals surface area (Å²) in [7, 11) is 0. The molecule has 5 aliphatic rings. The van der Waals surface area contributed by atoms with Gasteiger partial charge < -0.3 is 37.4 Å². The molecule has 0 aliphatic carbocycles. The van der Waals surface area contributed by atoms with Crippen molar-refractivity contribution in [2.45, 2.75) is 0 Å². The van der Waals surface area contributed by atoms with Crippen LogP contribution in [0.5, 0.6) is 57.5 Å². The fraction of sp³-hybridized carbons (Fsp3) is 0. The number of fused-ring (bicyclic) bond motifs is 13. The Morgan fingerprint density at radius 2 is 0.512 bits per heavy atom. The molecule has 82 heavy (non-hydrogen) atoms. The van der Waals surface area contributed by atoms with E-state index >= 15 is 0 Å². The third kappa shape index (κ3) is 5.62. The first-order valence-corrected chi connectivity index (χ1v) is 27.9. The van der Waals surface area contributed by atoms with Crippen LogP contribution in [0.1, 0.15) is 0 Å². The van der Waals surface area contributed by atoms with Gasteiger partial charge in [0.1, 0.15) is 57.5 Å². The van der Waals surface area contributed by atoms with Gasteiger partial charge in [0.25, 0.3) is 13.4 Å². The van der Waals surface area contributed by atoms with E-state index in [4.69, 9.17) is 23.7 Å². The Morgan fingerprint density at radius 1 is 0.220 bits per heavy atom. The SMILES string of the molecule is c1ccc2c(c1)Oc1cc(-n3c4ccccc4c4cc(-c5ccc6c(c5)c5ccccc5n6-c5cc6c7c(c5)Oc5cc(-n8c9ccccc9c9ccccc98)cc8c5B7c5c(cccc5O6)O8)ccc43)cc3c1B2c1ccccc1O3. The van der Waals surface area contributed by atoms with Gasteiger partial charge in [0.2, 0.25) is 0 Å². The average molecular weight is 1050 g/mol. The molecule has 3 aromatic heterocycles. The minimum Gasteiger partial charge on any atom is -0.458 e. The van der Waals surface area contributed by atoms with Crippen molar-refractivity contribution in [3.63, 3.8) is 0 Å². The second-order valence-electron chi connectivity index (χ2n) is 22.2. The molecule has 0 saturated heterocycles. The van der Waals surface area contributed by atoms with Crippen molar-refractivity contribution in [3.8, 4) is 85.7 Å². The Morgan fingerprint density at radius 3 is 0.927 bits per heavy atom. The third-order valence-electron chi connectivity index (χ3n) is 18.0. The molecule has 5 aliphatic heterocycles. The predicted octanol–water partition coefficient (Wildman–Crippen LogP) is 14.2. The van der Waals surface area contributed by atoms with Gasteiger partial charge in [0.15, 0.2) is 0 Å². The second-order valence-corrected chi connectivity index (χ2v) is 22.2. The summed E-state index contributed by atoms with van der Waals surface area (Å²) in [6.45, 7) is -0.127. The maximum absolute atomic E-state index is 7.22. The Balaban J connectivity index is 0.723. The van der Waals surface area contributed by atoms with E-state index in [0.717, 1.165) is 168 Å². The fourth-order valence-electron chi connectivity index (χ4n) is 14.7. The molecule has 8 nitrogen and oxygen atoms in total. The molecule has 0 bridgehead atoms. The van der Waals surface area contributed by atoms with Gasteiger partial charge in [-0.25, -0.2) is 0 Å². The van der Waals surface area contributed by atoms with Crippen LogP contribution >= 0.6 is 0 Å². The Kier molecular flexibility index (Phi) is 8.15. The van der Waals surface area contributed by atoms with E-state index in [9.17, 15) is 0 Å². The molecular weight excluding hydrogens is 1010 g/mol. The van der Waals surface area contributed by atoms with Crippen LogP contribution in [0.25, 0.3) is 93.6 Å². The first kappa shape index (κ1) is 43.1. The van der Waals surface area contributed by atoms with Gasteiger partial charge in [-0.05, 0) is 94.8 Å². The maximum atomic E-state index is 7.22. The van der Waals surface area contributed by atoms with E-state index in [1.807, 2.05) is 18.2 Å². The van der Waals surface area contributed by atoms with Crippen LogP contribution in [-0.4, -0.2) is 27.1 Å². The van der Waals surface area contributed by atoms with Crippen LogP contribution in [0.4, 0.5) is 0 Å². The molecule has 15 aromatic rings. The molecule has 8 heterocycles. The highest BCUT2D eigenvalue weighted by molar-refractivity contribution is 7.00. The minimum atomic E-state index is -0.136. The van der Waals surface area contributed by atoms with Crippen molar-refractivity contribution in [2.24, 2.45) is 0 Å². The number of benzene rings is 12. The van der Waals surface area contributed by atoms with E-state index in [-0.39, 0.29) is 13.4 Å². The second kappa shape index (κ2) is 15.5. The highest BCUT2D eigenvalue weighted by atomic mass is 16.5. The predicted molar refractivity (Wildman–Crippen MR) is 330 cm³/mol. The molecule has 10 heteroatoms. The lowest BCUT2D eigenvalue weighted by Gasteiger charge is -2.38. The molecule has 20 rings (SSSR count). The largest absolute Gasteiger partial charge is 0.458 e. The van der Waals surface area contributed by atoms with Crippen molar-refractivity contribution in [1.29, 1.82) is 0 Å². The molecule has 0 saturated carbocycles. The molecule has 0 radical (unpaired) electrons. The van der Waals surface area contributed by atoms with Gasteiger partial charge in [-0.3, -0.25) is 0 Å². The first-order chi connectivity index (χ1) is 40.6. The molecule has 12 aromatic carbocycles. The monoisotopic (exact) mass is 1050 g/mol. The summed E-state index contributed by atoms with van der Waals surface area (Å²) in [5.74, 6) is 8.06. The highest BCUT2D eigenvalue weighted by Gasteiger charge is 2.47. The van der Waals surface area contributed by atoms with Gasteiger partial charge in [0.05, 0.1) is 50.2 Å². The van der Waals surface area contributed by atoms with Crippen molar-refractivity contribution in [1.82, 2.24) is 13.7 Å². The first-order valence-electron chi connectivity index (χ1n) is 27.9. The summed E-state index contributed by atoms with van der Waals surface area (Å²) in [4.78, 5) is 0. The van der Waals surface area contributed by atoms with E-state index < -0.39 is 0 Å². The quantitative estimate of drug-likeness (QED) is 0.164. The van der Waals surface area contributed by atoms with Gasteiger partial charge in [-0.15, -0.1) is 0 Å². The number of nitrogens with zero attached hydrogens (tertiary/aromatic N) is 3. The summed E-state index contributed by atoms with van der Waals surface area (Å²) in [6.07, 6.45) is 0. The molecular formula is C72H39B2N3O5. The zero-order chi connectivity index (χ0) is 53.1. The molecule has 0 atom stereocenters. The van der Waals surface area contributed by atoms with Crippen LogP contribution in [-0.2, 0) is 0 Å². The molecule has 0 amide bonds. The number of rotatable bonds is 4. The number of ether oxygens (including phenoxy) is 5. The van der Waals surface area contributed by atoms with Crippen molar-refractivity contribution in [3.05, 3.63) is 237 Å². The van der Waals surface area contributed by atoms with Crippen LogP contribution in [0.2, 0.25) is 0 Å². The molecule has 0 unspecified atom stereocenters. The Hall–Kier alpha value is -10.8. The van der Waals surface area contributed by atoms with Crippen molar-refractivity contribution in [2.75, 3.05) is 0 Å². The van der Waals surface area contributed by atoms with Crippen LogP contribution < -0.4 is 56.5 Å². The lowest BCUT2D eigenvalue weighted by Crippen LogP contribution is -2.59. The molecule has 0 N–H and O–H groups in total. The summed E-state index contributed by atoms with van der Waals surface area (Å²) in [6, 6.07) is 84.4. The van der Waals surface area contributed by atoms with Crippen molar-refractivity contribution < 1.29 is 23.7 Å². The number of hydrogen-bond donors (Lipinski definition) is 0. The number of aromatic nitrogens is 3. The highest BCUT2D eigenvalue weighted by Crippen LogP contribution is 2.47. The van der Waals surface area contributed by atoms with Gasteiger partial charge in [-0.2, -0.15) is 0 Å². The minimum absolute atomic E-state index is 0.00843. The zero-order valence-electron chi connectivity index (χ0n) is 43.6. The summed E-state index contributed by atoms with van der Waals surface area (Å²) >= 11 is 0. The zero-order valence-corrected chi connectivity index (χ0v) is 43.6. The topological polar surface area (TPSA) is 60.9 Å². The van der Waals surface area contributed by atoms with E-state index in [1.165, 1.54) is 16.2 Å². The van der Waals surface area contributed by atoms with Crippen LogP contribution in [0, 0.1) is 0 Å². The van der Waals surface area contributed by atoms with Crippen molar-refractivity contribution >= 4 is 112 Å². The van der Waals surface area contributed by atoms with Gasteiger partial charge in [0, 0.05) is 90.6 Å². The van der Waals surface area contributed by atoms with Gasteiger partial charge >= 0.3 is 0 Å². The molecule has 0 fully saturated rings. The Bertz CT molecular complexity index is 5320. The Labute approximate surface area is 468 Å². The maximum Gasteiger partial charge on any atom is 0.270 e. The third-order valence-corrected chi connectivity index (χ3v) is 18.0. The summed E-state index contributed by atoms with van der Waals surface area (Å²) < 4.78 is 41.6. The summed E-state index contributed by atoms with van der Waals surface area (Å²) in [5.41, 5.74) is 18.2. The van der Waals surface area contributed by atoms with Crippen LogP contribution in [0.15, 0.2) is 237 Å². The molecule has 378 valence electrons. The standard InChI is InChI=1S/C72H39B2N3O5/c1-7-20-53-45(14-1)46-15-2-8-21-54(46)75(53)42-36-65-71-67(38-42)82-68-39-44(37-66-72(68)74(71)69-61(80-65)26-13-27-62(69)81-66)77-56-23-10-4-17-48(56)50-33-41(29-31-58(50)77)40-28-30-57-49(32-40)47-16-3-9-22-55(47)76(57)43-34-63-70-64(35-43)79-60-25-12-6-19-52(60)73(70)51-18-5-11-24-59(51)78-63/h1-39H. The van der Waals surface area contributed by atoms with E-state index in [1.54, 1.807) is 0 Å². The summed E-state index contributed by atoms with van der Waals surface area (Å²) in [5, 5.41) is 7.03.